The topological polar surface area (TPSA) is 73.2 Å². The Labute approximate surface area is 154 Å². The lowest BCUT2D eigenvalue weighted by Gasteiger charge is -2.10. The van der Waals surface area contributed by atoms with Gasteiger partial charge in [0.25, 0.3) is 5.24 Å². The highest BCUT2D eigenvalue weighted by Gasteiger charge is 2.31. The van der Waals surface area contributed by atoms with Gasteiger partial charge in [-0.2, -0.15) is 0 Å². The van der Waals surface area contributed by atoms with Crippen molar-refractivity contribution in [2.45, 2.75) is 25.3 Å². The van der Waals surface area contributed by atoms with Crippen LogP contribution in [-0.4, -0.2) is 25.9 Å². The number of rotatable bonds is 5. The van der Waals surface area contributed by atoms with Gasteiger partial charge >= 0.3 is 0 Å². The van der Waals surface area contributed by atoms with Crippen molar-refractivity contribution < 1.29 is 14.3 Å². The number of hydrogen-bond acceptors (Lipinski definition) is 5. The maximum Gasteiger partial charge on any atom is 0.286 e. The number of aryl methyl sites for hydroxylation is 1. The Morgan fingerprint density at radius 2 is 2.00 bits per heavy atom. The molecule has 0 spiro atoms. The second kappa shape index (κ2) is 6.84. The molecule has 0 saturated carbocycles. The fraction of sp³-hybridized carbons (Fsp3) is 0.211. The second-order valence-corrected chi connectivity index (χ2v) is 7.39. The van der Waals surface area contributed by atoms with E-state index in [1.165, 1.54) is 5.56 Å². The van der Waals surface area contributed by atoms with Crippen LogP contribution in [0.4, 0.5) is 4.79 Å². The monoisotopic (exact) mass is 367 g/mol. The highest BCUT2D eigenvalue weighted by atomic mass is 32.2. The maximum absolute atomic E-state index is 11.6. The van der Waals surface area contributed by atoms with E-state index in [0.29, 0.717) is 13.2 Å². The van der Waals surface area contributed by atoms with Crippen molar-refractivity contribution in [2.75, 3.05) is 0 Å². The summed E-state index contributed by atoms with van der Waals surface area (Å²) >= 11 is 1.04. The van der Waals surface area contributed by atoms with Crippen LogP contribution in [0.2, 0.25) is 0 Å². The molecular formula is C19H17N3O3S. The summed E-state index contributed by atoms with van der Waals surface area (Å²) in [6, 6.07) is 13.7. The largest absolute Gasteiger partial charge is 0.473 e. The van der Waals surface area contributed by atoms with Gasteiger partial charge in [-0.3, -0.25) is 19.5 Å². The van der Waals surface area contributed by atoms with E-state index in [9.17, 15) is 9.59 Å². The van der Waals surface area contributed by atoms with E-state index in [4.69, 9.17) is 4.74 Å². The molecule has 7 heteroatoms. The van der Waals surface area contributed by atoms with E-state index >= 15 is 0 Å². The van der Waals surface area contributed by atoms with Gasteiger partial charge in [-0.25, -0.2) is 4.98 Å². The van der Waals surface area contributed by atoms with Gasteiger partial charge in [-0.05, 0) is 48.7 Å². The van der Waals surface area contributed by atoms with Crippen molar-refractivity contribution in [3.63, 3.8) is 0 Å². The van der Waals surface area contributed by atoms with Crippen LogP contribution in [0, 0.1) is 6.92 Å². The Bertz CT molecular complexity index is 981. The molecule has 1 aliphatic heterocycles. The number of carbonyl (C=O) groups is 2. The van der Waals surface area contributed by atoms with Gasteiger partial charge in [-0.1, -0.05) is 30.0 Å². The lowest BCUT2D eigenvalue weighted by molar-refractivity contribution is -0.118. The Kier molecular flexibility index (Phi) is 4.38. The second-order valence-electron chi connectivity index (χ2n) is 6.21. The maximum atomic E-state index is 11.6. The molecular weight excluding hydrogens is 350 g/mol. The third kappa shape index (κ3) is 3.43. The number of imide groups is 1. The number of fused-ring (bicyclic) bond motifs is 1. The molecule has 132 valence electrons. The average Bonchev–Trinajstić information content (AvgIpc) is 3.16. The quantitative estimate of drug-likeness (QED) is 0.749. The van der Waals surface area contributed by atoms with Crippen molar-refractivity contribution in [1.29, 1.82) is 0 Å². The number of nitrogens with one attached hydrogen (secondary N) is 1. The lowest BCUT2D eigenvalue weighted by atomic mass is 10.1. The van der Waals surface area contributed by atoms with Gasteiger partial charge in [-0.15, -0.1) is 0 Å². The Morgan fingerprint density at radius 3 is 2.73 bits per heavy atom. The Hall–Kier alpha value is -2.80. The van der Waals surface area contributed by atoms with Gasteiger partial charge in [0.05, 0.1) is 22.6 Å². The van der Waals surface area contributed by atoms with Crippen molar-refractivity contribution in [1.82, 2.24) is 14.9 Å². The molecule has 1 aliphatic rings. The van der Waals surface area contributed by atoms with Crippen LogP contribution in [-0.2, 0) is 17.9 Å². The molecule has 1 aromatic heterocycles. The molecule has 1 atom stereocenters. The average molecular weight is 367 g/mol. The SMILES string of the molecule is Cc1ccc2c(c1)ncn2COc1ccc(CC2SC(=O)NC2=O)cc1. The molecule has 4 rings (SSSR count). The summed E-state index contributed by atoms with van der Waals surface area (Å²) < 4.78 is 7.79. The molecule has 2 heterocycles. The predicted molar refractivity (Wildman–Crippen MR) is 100 cm³/mol. The zero-order valence-corrected chi connectivity index (χ0v) is 15.0. The number of imidazole rings is 1. The van der Waals surface area contributed by atoms with E-state index < -0.39 is 0 Å². The number of aromatic nitrogens is 2. The molecule has 1 N–H and O–H groups in total. The Balaban J connectivity index is 1.39. The zero-order valence-electron chi connectivity index (χ0n) is 14.1. The molecule has 3 aromatic rings. The van der Waals surface area contributed by atoms with Gasteiger partial charge in [0.15, 0.2) is 6.73 Å². The van der Waals surface area contributed by atoms with Crippen LogP contribution in [0.15, 0.2) is 48.8 Å². The van der Waals surface area contributed by atoms with Crippen LogP contribution < -0.4 is 10.1 Å². The van der Waals surface area contributed by atoms with Gasteiger partial charge in [0, 0.05) is 0 Å². The normalized spacial score (nSPS) is 16.9. The zero-order chi connectivity index (χ0) is 18.1. The summed E-state index contributed by atoms with van der Waals surface area (Å²) in [5, 5.41) is 1.68. The third-order valence-corrected chi connectivity index (χ3v) is 5.24. The number of amides is 2. The first-order chi connectivity index (χ1) is 12.6. The summed E-state index contributed by atoms with van der Waals surface area (Å²) in [6.07, 6.45) is 2.29. The molecule has 0 radical (unpaired) electrons. The van der Waals surface area contributed by atoms with E-state index in [0.717, 1.165) is 34.1 Å². The summed E-state index contributed by atoms with van der Waals surface area (Å²) in [6.45, 7) is 2.41. The molecule has 1 fully saturated rings. The molecule has 0 bridgehead atoms. The van der Waals surface area contributed by atoms with Crippen molar-refractivity contribution in [3.8, 4) is 5.75 Å². The smallest absolute Gasteiger partial charge is 0.286 e. The van der Waals surface area contributed by atoms with E-state index in [1.54, 1.807) is 6.33 Å². The first kappa shape index (κ1) is 16.7. The molecule has 1 saturated heterocycles. The first-order valence-electron chi connectivity index (χ1n) is 8.23. The minimum Gasteiger partial charge on any atom is -0.473 e. The highest BCUT2D eigenvalue weighted by Crippen LogP contribution is 2.24. The van der Waals surface area contributed by atoms with Crippen LogP contribution in [0.3, 0.4) is 0 Å². The third-order valence-electron chi connectivity index (χ3n) is 4.26. The molecule has 0 aliphatic carbocycles. The summed E-state index contributed by atoms with van der Waals surface area (Å²) in [7, 11) is 0. The molecule has 6 nitrogen and oxygen atoms in total. The van der Waals surface area contributed by atoms with Crippen molar-refractivity contribution in [2.24, 2.45) is 0 Å². The Morgan fingerprint density at radius 1 is 1.19 bits per heavy atom. The van der Waals surface area contributed by atoms with Crippen molar-refractivity contribution in [3.05, 3.63) is 59.9 Å². The summed E-state index contributed by atoms with van der Waals surface area (Å²) in [5.74, 6) is 0.518. The van der Waals surface area contributed by atoms with Gasteiger partial charge in [0.2, 0.25) is 5.91 Å². The standard InChI is InChI=1S/C19H17N3O3S/c1-12-2-7-16-15(8-12)20-10-22(16)11-25-14-5-3-13(4-6-14)9-17-18(23)21-19(24)26-17/h2-8,10,17H,9,11H2,1H3,(H,21,23,24). The number of hydrogen-bond donors (Lipinski definition) is 1. The molecule has 26 heavy (non-hydrogen) atoms. The minimum absolute atomic E-state index is 0.220. The van der Waals surface area contributed by atoms with Crippen LogP contribution in [0.1, 0.15) is 11.1 Å². The van der Waals surface area contributed by atoms with Crippen LogP contribution in [0.5, 0.6) is 5.75 Å². The number of nitrogens with zero attached hydrogens (tertiary/aromatic N) is 2. The van der Waals surface area contributed by atoms with Crippen molar-refractivity contribution >= 4 is 33.9 Å². The van der Waals surface area contributed by atoms with Crippen LogP contribution in [0.25, 0.3) is 11.0 Å². The number of benzene rings is 2. The molecule has 2 aromatic carbocycles. The number of thioether (sulfide) groups is 1. The fourth-order valence-corrected chi connectivity index (χ4v) is 3.74. The van der Waals surface area contributed by atoms with E-state index in [2.05, 4.69) is 16.4 Å². The summed E-state index contributed by atoms with van der Waals surface area (Å²) in [5.41, 5.74) is 4.14. The van der Waals surface area contributed by atoms with Crippen LogP contribution >= 0.6 is 11.8 Å². The summed E-state index contributed by atoms with van der Waals surface area (Å²) in [4.78, 5) is 27.2. The van der Waals surface area contributed by atoms with Gasteiger partial charge in [0.1, 0.15) is 5.75 Å². The number of ether oxygens (including phenoxy) is 1. The highest BCUT2D eigenvalue weighted by molar-refractivity contribution is 8.15. The number of carbonyl (C=O) groups excluding carboxylic acids is 2. The molecule has 2 amide bonds. The lowest BCUT2D eigenvalue weighted by Crippen LogP contribution is -2.25. The van der Waals surface area contributed by atoms with E-state index in [1.807, 2.05) is 47.9 Å². The van der Waals surface area contributed by atoms with Gasteiger partial charge < -0.3 is 4.74 Å². The first-order valence-corrected chi connectivity index (χ1v) is 9.11. The predicted octanol–water partition coefficient (Wildman–Crippen LogP) is 3.28. The fourth-order valence-electron chi connectivity index (χ4n) is 2.88. The minimum atomic E-state index is -0.352. The van der Waals surface area contributed by atoms with E-state index in [-0.39, 0.29) is 16.4 Å². The molecule has 1 unspecified atom stereocenters.